The van der Waals surface area contributed by atoms with Crippen molar-refractivity contribution in [2.24, 2.45) is 0 Å². The van der Waals surface area contributed by atoms with E-state index >= 15 is 0 Å². The number of hydrogen-bond donors (Lipinski definition) is 1. The molecule has 0 aliphatic carbocycles. The van der Waals surface area contributed by atoms with Gasteiger partial charge in [-0.15, -0.1) is 0 Å². The predicted octanol–water partition coefficient (Wildman–Crippen LogP) is 4.26. The zero-order chi connectivity index (χ0) is 19.7. The van der Waals surface area contributed by atoms with Crippen LogP contribution in [0.1, 0.15) is 17.3 Å². The fraction of sp³-hybridized carbons (Fsp3) is 0.0476. The highest BCUT2D eigenvalue weighted by atomic mass is 32.2. The number of carboxylic acid groups (broad SMARTS) is 1. The summed E-state index contributed by atoms with van der Waals surface area (Å²) in [6.07, 6.45) is 1.65. The Bertz CT molecular complexity index is 1130. The highest BCUT2D eigenvalue weighted by Gasteiger charge is 2.41. The van der Waals surface area contributed by atoms with E-state index in [4.69, 9.17) is 12.2 Å². The molecule has 0 radical (unpaired) electrons. The first kappa shape index (κ1) is 18.3. The van der Waals surface area contributed by atoms with Gasteiger partial charge in [-0.1, -0.05) is 78.6 Å². The SMILES string of the molecule is O=C(O)C(c1ccccc1)N1C(=O)C(=Cc2ccc3ccccc3n2)SC1=S. The highest BCUT2D eigenvalue weighted by Crippen LogP contribution is 2.38. The van der Waals surface area contributed by atoms with Crippen LogP contribution in [0.3, 0.4) is 0 Å². The molecule has 0 saturated carbocycles. The molecule has 0 bridgehead atoms. The molecule has 1 fully saturated rings. The Hall–Kier alpha value is -3.03. The van der Waals surface area contributed by atoms with Crippen molar-refractivity contribution >= 4 is 57.2 Å². The van der Waals surface area contributed by atoms with E-state index in [9.17, 15) is 14.7 Å². The maximum atomic E-state index is 13.0. The lowest BCUT2D eigenvalue weighted by molar-refractivity contribution is -0.145. The molecule has 1 atom stereocenters. The van der Waals surface area contributed by atoms with Crippen molar-refractivity contribution < 1.29 is 14.7 Å². The second kappa shape index (κ2) is 7.53. The summed E-state index contributed by atoms with van der Waals surface area (Å²) < 4.78 is 0.216. The van der Waals surface area contributed by atoms with Gasteiger partial charge in [0.1, 0.15) is 4.32 Å². The minimum absolute atomic E-state index is 0.216. The van der Waals surface area contributed by atoms with Gasteiger partial charge < -0.3 is 5.11 Å². The Balaban J connectivity index is 1.69. The second-order valence-electron chi connectivity index (χ2n) is 6.13. The van der Waals surface area contributed by atoms with Gasteiger partial charge in [0.25, 0.3) is 5.91 Å². The average molecular weight is 406 g/mol. The Morgan fingerprint density at radius 2 is 1.79 bits per heavy atom. The summed E-state index contributed by atoms with van der Waals surface area (Å²) in [7, 11) is 0. The normalized spacial score (nSPS) is 16.7. The van der Waals surface area contributed by atoms with Crippen LogP contribution in [0.4, 0.5) is 0 Å². The summed E-state index contributed by atoms with van der Waals surface area (Å²) in [6, 6.07) is 18.9. The van der Waals surface area contributed by atoms with Gasteiger partial charge in [-0.05, 0) is 23.8 Å². The zero-order valence-corrected chi connectivity index (χ0v) is 16.1. The van der Waals surface area contributed by atoms with Crippen molar-refractivity contribution in [3.63, 3.8) is 0 Å². The Labute approximate surface area is 170 Å². The zero-order valence-electron chi connectivity index (χ0n) is 14.5. The molecule has 1 aliphatic rings. The van der Waals surface area contributed by atoms with Crippen LogP contribution in [0.2, 0.25) is 0 Å². The number of rotatable bonds is 4. The number of hydrogen-bond acceptors (Lipinski definition) is 5. The standard InChI is InChI=1S/C21H14N2O3S2/c24-19-17(12-15-11-10-13-6-4-5-9-16(13)22-15)28-21(27)23(19)18(20(25)26)14-7-2-1-3-8-14/h1-12,18H,(H,25,26). The number of pyridine rings is 1. The van der Waals surface area contributed by atoms with Gasteiger partial charge in [0.05, 0.1) is 16.1 Å². The lowest BCUT2D eigenvalue weighted by atomic mass is 10.1. The molecule has 4 rings (SSSR count). The minimum Gasteiger partial charge on any atom is -0.479 e. The van der Waals surface area contributed by atoms with E-state index in [-0.39, 0.29) is 4.32 Å². The first-order valence-corrected chi connectivity index (χ1v) is 9.68. The quantitative estimate of drug-likeness (QED) is 0.516. The van der Waals surface area contributed by atoms with Gasteiger partial charge in [-0.25, -0.2) is 9.78 Å². The lowest BCUT2D eigenvalue weighted by Gasteiger charge is -2.23. The van der Waals surface area contributed by atoms with Crippen molar-refractivity contribution in [3.8, 4) is 0 Å². The van der Waals surface area contributed by atoms with Crippen molar-refractivity contribution in [3.05, 3.63) is 82.9 Å². The molecule has 3 aromatic rings. The molecule has 1 amide bonds. The van der Waals surface area contributed by atoms with Gasteiger partial charge in [0, 0.05) is 5.39 Å². The number of thioether (sulfide) groups is 1. The molecule has 1 N–H and O–H groups in total. The third-order valence-electron chi connectivity index (χ3n) is 4.33. The van der Waals surface area contributed by atoms with E-state index in [2.05, 4.69) is 4.98 Å². The molecule has 1 saturated heterocycles. The molecule has 1 unspecified atom stereocenters. The van der Waals surface area contributed by atoms with Crippen LogP contribution < -0.4 is 0 Å². The molecule has 1 aliphatic heterocycles. The van der Waals surface area contributed by atoms with E-state index < -0.39 is 17.9 Å². The van der Waals surface area contributed by atoms with Crippen LogP contribution in [0.5, 0.6) is 0 Å². The first-order valence-electron chi connectivity index (χ1n) is 8.45. The van der Waals surface area contributed by atoms with Crippen LogP contribution in [-0.2, 0) is 9.59 Å². The number of benzene rings is 2. The van der Waals surface area contributed by atoms with Crippen molar-refractivity contribution in [2.75, 3.05) is 0 Å². The third kappa shape index (κ3) is 3.42. The second-order valence-corrected chi connectivity index (χ2v) is 7.81. The maximum absolute atomic E-state index is 13.0. The van der Waals surface area contributed by atoms with Gasteiger partial charge in [-0.2, -0.15) is 0 Å². The summed E-state index contributed by atoms with van der Waals surface area (Å²) in [4.78, 5) is 30.9. The number of carbonyl (C=O) groups is 2. The van der Waals surface area contributed by atoms with Gasteiger partial charge in [0.2, 0.25) is 0 Å². The van der Waals surface area contributed by atoms with Crippen LogP contribution in [-0.4, -0.2) is 31.2 Å². The largest absolute Gasteiger partial charge is 0.479 e. The molecule has 7 heteroatoms. The fourth-order valence-electron chi connectivity index (χ4n) is 3.04. The topological polar surface area (TPSA) is 70.5 Å². The Kier molecular flexibility index (Phi) is 4.93. The van der Waals surface area contributed by atoms with Crippen molar-refractivity contribution in [1.82, 2.24) is 9.88 Å². The van der Waals surface area contributed by atoms with Crippen LogP contribution in [0.25, 0.3) is 17.0 Å². The first-order chi connectivity index (χ1) is 13.5. The minimum atomic E-state index is -1.16. The van der Waals surface area contributed by atoms with Gasteiger partial charge >= 0.3 is 5.97 Å². The number of amides is 1. The highest BCUT2D eigenvalue weighted by molar-refractivity contribution is 8.26. The number of aromatic nitrogens is 1. The molecule has 1 aromatic heterocycles. The summed E-state index contributed by atoms with van der Waals surface area (Å²) in [6.45, 7) is 0. The van der Waals surface area contributed by atoms with Gasteiger partial charge in [0.15, 0.2) is 6.04 Å². The molecular formula is C21H14N2O3S2. The number of carboxylic acids is 1. The van der Waals surface area contributed by atoms with Gasteiger partial charge in [-0.3, -0.25) is 9.69 Å². The molecule has 138 valence electrons. The van der Waals surface area contributed by atoms with E-state index in [0.717, 1.165) is 27.6 Å². The van der Waals surface area contributed by atoms with Crippen molar-refractivity contribution in [1.29, 1.82) is 0 Å². The summed E-state index contributed by atoms with van der Waals surface area (Å²) in [5.74, 6) is -1.56. The number of nitrogens with zero attached hydrogens (tertiary/aromatic N) is 2. The number of carbonyl (C=O) groups excluding carboxylic acids is 1. The smallest absolute Gasteiger partial charge is 0.331 e. The number of fused-ring (bicyclic) bond motifs is 1. The Morgan fingerprint density at radius 1 is 1.07 bits per heavy atom. The fourth-order valence-corrected chi connectivity index (χ4v) is 4.33. The predicted molar refractivity (Wildman–Crippen MR) is 114 cm³/mol. The van der Waals surface area contributed by atoms with E-state index in [1.165, 1.54) is 0 Å². The summed E-state index contributed by atoms with van der Waals surface area (Å²) in [5.41, 5.74) is 1.93. The van der Waals surface area contributed by atoms with Crippen molar-refractivity contribution in [2.45, 2.75) is 6.04 Å². The number of thiocarbonyl (C=S) groups is 1. The van der Waals surface area contributed by atoms with Crippen LogP contribution in [0, 0.1) is 0 Å². The van der Waals surface area contributed by atoms with E-state index in [1.807, 2.05) is 36.4 Å². The van der Waals surface area contributed by atoms with E-state index in [0.29, 0.717) is 16.2 Å². The molecular weight excluding hydrogens is 392 g/mol. The molecule has 2 heterocycles. The number of aliphatic carboxylic acids is 1. The Morgan fingerprint density at radius 3 is 2.54 bits per heavy atom. The third-order valence-corrected chi connectivity index (χ3v) is 5.66. The monoisotopic (exact) mass is 406 g/mol. The van der Waals surface area contributed by atoms with E-state index in [1.54, 1.807) is 36.4 Å². The number of para-hydroxylation sites is 1. The average Bonchev–Trinajstić information content (AvgIpc) is 2.96. The maximum Gasteiger partial charge on any atom is 0.331 e. The van der Waals surface area contributed by atoms with Crippen LogP contribution >= 0.6 is 24.0 Å². The lowest BCUT2D eigenvalue weighted by Crippen LogP contribution is -2.37. The summed E-state index contributed by atoms with van der Waals surface area (Å²) in [5, 5.41) is 10.7. The molecule has 0 spiro atoms. The molecule has 2 aromatic carbocycles. The summed E-state index contributed by atoms with van der Waals surface area (Å²) >= 11 is 6.41. The van der Waals surface area contributed by atoms with Crippen LogP contribution in [0.15, 0.2) is 71.6 Å². The molecule has 5 nitrogen and oxygen atoms in total. The molecule has 28 heavy (non-hydrogen) atoms.